The highest BCUT2D eigenvalue weighted by Gasteiger charge is 2.18. The van der Waals surface area contributed by atoms with Gasteiger partial charge in [-0.05, 0) is 48.5 Å². The number of benzene rings is 2. The lowest BCUT2D eigenvalue weighted by atomic mass is 10.2. The Bertz CT molecular complexity index is 1280. The van der Waals surface area contributed by atoms with Crippen molar-refractivity contribution in [2.24, 2.45) is 0 Å². The van der Waals surface area contributed by atoms with Crippen molar-refractivity contribution in [1.82, 2.24) is 19.7 Å². The molecule has 0 fully saturated rings. The predicted molar refractivity (Wildman–Crippen MR) is 126 cm³/mol. The van der Waals surface area contributed by atoms with Crippen LogP contribution in [0.1, 0.15) is 0 Å². The highest BCUT2D eigenvalue weighted by molar-refractivity contribution is 7.99. The average Bonchev–Trinajstić information content (AvgIpc) is 3.28. The number of hydrogen-bond acceptors (Lipinski definition) is 7. The van der Waals surface area contributed by atoms with Gasteiger partial charge in [-0.3, -0.25) is 14.3 Å². The van der Waals surface area contributed by atoms with Crippen LogP contribution in [0.15, 0.2) is 72.1 Å². The number of rotatable bonds is 6. The van der Waals surface area contributed by atoms with Crippen molar-refractivity contribution < 1.29 is 14.3 Å². The molecule has 5 rings (SSSR count). The Morgan fingerprint density at radius 2 is 1.76 bits per heavy atom. The number of halogens is 1. The highest BCUT2D eigenvalue weighted by atomic mass is 35.5. The maximum absolute atomic E-state index is 12.6. The van der Waals surface area contributed by atoms with Gasteiger partial charge in [0, 0.05) is 40.4 Å². The molecule has 0 saturated carbocycles. The Morgan fingerprint density at radius 1 is 1.00 bits per heavy atom. The molecule has 4 aromatic rings. The third kappa shape index (κ3) is 4.79. The summed E-state index contributed by atoms with van der Waals surface area (Å²) in [6.45, 7) is 1.01. The molecule has 0 bridgehead atoms. The van der Waals surface area contributed by atoms with Crippen LogP contribution in [0.25, 0.3) is 17.1 Å². The fraction of sp³-hybridized carbons (Fsp3) is 0.130. The van der Waals surface area contributed by atoms with Gasteiger partial charge in [0.05, 0.1) is 5.75 Å². The molecule has 2 aromatic heterocycles. The molecule has 0 spiro atoms. The summed E-state index contributed by atoms with van der Waals surface area (Å²) in [4.78, 5) is 16.7. The number of nitrogens with zero attached hydrogens (tertiary/aromatic N) is 4. The number of anilines is 1. The third-order valence-electron chi connectivity index (χ3n) is 4.81. The van der Waals surface area contributed by atoms with Crippen molar-refractivity contribution in [3.8, 4) is 28.6 Å². The van der Waals surface area contributed by atoms with E-state index in [2.05, 4.69) is 20.5 Å². The van der Waals surface area contributed by atoms with Crippen LogP contribution >= 0.6 is 23.4 Å². The highest BCUT2D eigenvalue weighted by Crippen LogP contribution is 2.33. The van der Waals surface area contributed by atoms with E-state index in [0.717, 1.165) is 11.3 Å². The third-order valence-corrected chi connectivity index (χ3v) is 6.00. The molecule has 2 aromatic carbocycles. The molecule has 166 valence electrons. The van der Waals surface area contributed by atoms with Gasteiger partial charge in [-0.2, -0.15) is 0 Å². The van der Waals surface area contributed by atoms with Crippen LogP contribution in [0.4, 0.5) is 5.69 Å². The van der Waals surface area contributed by atoms with Crippen molar-refractivity contribution in [2.75, 3.05) is 24.3 Å². The summed E-state index contributed by atoms with van der Waals surface area (Å²) in [6, 6.07) is 16.4. The van der Waals surface area contributed by atoms with E-state index >= 15 is 0 Å². The molecule has 3 heterocycles. The number of ether oxygens (including phenoxy) is 2. The van der Waals surface area contributed by atoms with Gasteiger partial charge in [-0.15, -0.1) is 10.2 Å². The number of nitrogens with one attached hydrogen (secondary N) is 1. The SMILES string of the molecule is O=C(CSc1nnc(-c2ccncc2)n1-c1ccc(Cl)cc1)Nc1ccc2c(c1)OCCO2. The molecular formula is C23H18ClN5O3S. The van der Waals surface area contributed by atoms with Crippen LogP contribution < -0.4 is 14.8 Å². The fourth-order valence-electron chi connectivity index (χ4n) is 3.32. The van der Waals surface area contributed by atoms with Crippen LogP contribution in [0, 0.1) is 0 Å². The first kappa shape index (κ1) is 21.3. The molecule has 8 nitrogen and oxygen atoms in total. The van der Waals surface area contributed by atoms with E-state index in [1.54, 1.807) is 42.7 Å². The quantitative estimate of drug-likeness (QED) is 0.407. The lowest BCUT2D eigenvalue weighted by molar-refractivity contribution is -0.113. The molecule has 1 aliphatic heterocycles. The van der Waals surface area contributed by atoms with Gasteiger partial charge >= 0.3 is 0 Å². The Hall–Kier alpha value is -3.56. The molecule has 0 radical (unpaired) electrons. The Morgan fingerprint density at radius 3 is 2.55 bits per heavy atom. The molecular weight excluding hydrogens is 462 g/mol. The molecule has 33 heavy (non-hydrogen) atoms. The molecule has 0 unspecified atom stereocenters. The second-order valence-electron chi connectivity index (χ2n) is 7.05. The normalized spacial score (nSPS) is 12.4. The van der Waals surface area contributed by atoms with Gasteiger partial charge in [-0.1, -0.05) is 23.4 Å². The average molecular weight is 480 g/mol. The van der Waals surface area contributed by atoms with Crippen molar-refractivity contribution >= 4 is 35.0 Å². The molecule has 0 atom stereocenters. The minimum absolute atomic E-state index is 0.149. The smallest absolute Gasteiger partial charge is 0.234 e. The number of aromatic nitrogens is 4. The van der Waals surface area contributed by atoms with E-state index in [1.807, 2.05) is 28.8 Å². The van der Waals surface area contributed by atoms with Crippen molar-refractivity contribution in [3.63, 3.8) is 0 Å². The monoisotopic (exact) mass is 479 g/mol. The lowest BCUT2D eigenvalue weighted by Gasteiger charge is -2.19. The van der Waals surface area contributed by atoms with E-state index in [9.17, 15) is 4.79 Å². The topological polar surface area (TPSA) is 91.2 Å². The van der Waals surface area contributed by atoms with Crippen LogP contribution in [0.5, 0.6) is 11.5 Å². The van der Waals surface area contributed by atoms with E-state index in [4.69, 9.17) is 21.1 Å². The summed E-state index contributed by atoms with van der Waals surface area (Å²) in [5.74, 6) is 1.92. The maximum atomic E-state index is 12.6. The van der Waals surface area contributed by atoms with E-state index in [1.165, 1.54) is 11.8 Å². The Labute approximate surface area is 198 Å². The van der Waals surface area contributed by atoms with Gasteiger partial charge < -0.3 is 14.8 Å². The summed E-state index contributed by atoms with van der Waals surface area (Å²) < 4.78 is 13.0. The number of carbonyl (C=O) groups is 1. The van der Waals surface area contributed by atoms with E-state index < -0.39 is 0 Å². The zero-order chi connectivity index (χ0) is 22.6. The second-order valence-corrected chi connectivity index (χ2v) is 8.43. The lowest BCUT2D eigenvalue weighted by Crippen LogP contribution is -2.17. The van der Waals surface area contributed by atoms with E-state index in [0.29, 0.717) is 46.4 Å². The van der Waals surface area contributed by atoms with Gasteiger partial charge in [-0.25, -0.2) is 0 Å². The summed E-state index contributed by atoms with van der Waals surface area (Å²) in [7, 11) is 0. The predicted octanol–water partition coefficient (Wildman–Crippen LogP) is 4.48. The largest absolute Gasteiger partial charge is 0.486 e. The van der Waals surface area contributed by atoms with Crippen molar-refractivity contribution in [2.45, 2.75) is 5.16 Å². The van der Waals surface area contributed by atoms with Gasteiger partial charge in [0.15, 0.2) is 22.5 Å². The first-order valence-corrected chi connectivity index (χ1v) is 11.5. The number of hydrogen-bond donors (Lipinski definition) is 1. The Balaban J connectivity index is 1.35. The zero-order valence-electron chi connectivity index (χ0n) is 17.3. The second kappa shape index (κ2) is 9.51. The number of thioether (sulfide) groups is 1. The molecule has 1 aliphatic rings. The first-order valence-electron chi connectivity index (χ1n) is 10.1. The summed E-state index contributed by atoms with van der Waals surface area (Å²) >= 11 is 7.36. The summed E-state index contributed by atoms with van der Waals surface area (Å²) in [6.07, 6.45) is 3.40. The molecule has 0 saturated heterocycles. The van der Waals surface area contributed by atoms with Gasteiger partial charge in [0.1, 0.15) is 13.2 Å². The van der Waals surface area contributed by atoms with E-state index in [-0.39, 0.29) is 11.7 Å². The first-order chi connectivity index (χ1) is 16.2. The fourth-order valence-corrected chi connectivity index (χ4v) is 4.20. The van der Waals surface area contributed by atoms with Gasteiger partial charge in [0.25, 0.3) is 0 Å². The van der Waals surface area contributed by atoms with Gasteiger partial charge in [0.2, 0.25) is 5.91 Å². The standard InChI is InChI=1S/C23H18ClN5O3S/c24-16-1-4-18(5-2-16)29-22(15-7-9-25-10-8-15)27-28-23(29)33-14-21(30)26-17-3-6-19-20(13-17)32-12-11-31-19/h1-10,13H,11-12,14H2,(H,26,30). The van der Waals surface area contributed by atoms with Crippen molar-refractivity contribution in [3.05, 3.63) is 72.0 Å². The number of pyridine rings is 1. The van der Waals surface area contributed by atoms with Crippen LogP contribution in [-0.2, 0) is 4.79 Å². The maximum Gasteiger partial charge on any atom is 0.234 e. The molecule has 1 N–H and O–H groups in total. The summed E-state index contributed by atoms with van der Waals surface area (Å²) in [5, 5.41) is 12.8. The zero-order valence-corrected chi connectivity index (χ0v) is 18.8. The number of carbonyl (C=O) groups excluding carboxylic acids is 1. The molecule has 0 aliphatic carbocycles. The molecule has 10 heteroatoms. The van der Waals surface area contributed by atoms with Crippen LogP contribution in [0.2, 0.25) is 5.02 Å². The number of fused-ring (bicyclic) bond motifs is 1. The molecule has 1 amide bonds. The van der Waals surface area contributed by atoms with Crippen molar-refractivity contribution in [1.29, 1.82) is 0 Å². The minimum Gasteiger partial charge on any atom is -0.486 e. The number of amides is 1. The Kier molecular flexibility index (Phi) is 6.14. The van der Waals surface area contributed by atoms with Crippen LogP contribution in [-0.4, -0.2) is 44.6 Å². The van der Waals surface area contributed by atoms with Crippen LogP contribution in [0.3, 0.4) is 0 Å². The minimum atomic E-state index is -0.173. The summed E-state index contributed by atoms with van der Waals surface area (Å²) in [5.41, 5.74) is 2.34.